The topological polar surface area (TPSA) is 72.5 Å². The Balaban J connectivity index is 2.43. The number of ether oxygens (including phenoxy) is 1. The van der Waals surface area contributed by atoms with Crippen LogP contribution in [0.5, 0.6) is 0 Å². The predicted octanol–water partition coefficient (Wildman–Crippen LogP) is 3.02. The van der Waals surface area contributed by atoms with Gasteiger partial charge in [-0.1, -0.05) is 0 Å². The molecule has 2 aromatic carbocycles. The van der Waals surface area contributed by atoms with Crippen molar-refractivity contribution in [3.63, 3.8) is 0 Å². The smallest absolute Gasteiger partial charge is 0.339 e. The summed E-state index contributed by atoms with van der Waals surface area (Å²) in [7, 11) is -2.78. The van der Waals surface area contributed by atoms with Crippen LogP contribution in [0.3, 0.4) is 0 Å². The summed E-state index contributed by atoms with van der Waals surface area (Å²) in [5, 5.41) is 0. The van der Waals surface area contributed by atoms with E-state index in [1.165, 1.54) is 12.1 Å². The van der Waals surface area contributed by atoms with Gasteiger partial charge >= 0.3 is 5.97 Å². The second-order valence-corrected chi connectivity index (χ2v) is 7.17. The Bertz CT molecular complexity index is 806. The molecule has 8 heteroatoms. The zero-order valence-electron chi connectivity index (χ0n) is 11.3. The van der Waals surface area contributed by atoms with Crippen molar-refractivity contribution < 1.29 is 22.3 Å². The van der Waals surface area contributed by atoms with Crippen LogP contribution in [-0.4, -0.2) is 21.5 Å². The van der Waals surface area contributed by atoms with Gasteiger partial charge in [-0.05, 0) is 65.1 Å². The third kappa shape index (κ3) is 3.74. The molecule has 0 aliphatic rings. The zero-order chi connectivity index (χ0) is 16.3. The largest absolute Gasteiger partial charge is 0.465 e. The van der Waals surface area contributed by atoms with Gasteiger partial charge in [-0.15, -0.1) is 0 Å². The molecule has 0 radical (unpaired) electrons. The van der Waals surface area contributed by atoms with Crippen LogP contribution < -0.4 is 4.72 Å². The molecular weight excluding hydrogens is 424 g/mol. The quantitative estimate of drug-likeness (QED) is 0.592. The van der Waals surface area contributed by atoms with Crippen molar-refractivity contribution in [3.05, 3.63) is 57.4 Å². The number of methoxy groups -OCH3 is 1. The molecule has 0 atom stereocenters. The van der Waals surface area contributed by atoms with Crippen LogP contribution in [0.25, 0.3) is 0 Å². The predicted molar refractivity (Wildman–Crippen MR) is 87.7 cm³/mol. The van der Waals surface area contributed by atoms with Crippen LogP contribution in [0.15, 0.2) is 47.4 Å². The number of carbonyl (C=O) groups excluding carboxylic acids is 1. The SMILES string of the molecule is COC(=O)c1ccc(F)cc1NS(=O)(=O)c1ccc(I)cc1. The minimum absolute atomic E-state index is 0.00740. The molecule has 0 aliphatic carbocycles. The van der Waals surface area contributed by atoms with E-state index in [-0.39, 0.29) is 16.1 Å². The van der Waals surface area contributed by atoms with E-state index in [0.717, 1.165) is 28.9 Å². The third-order valence-corrected chi connectivity index (χ3v) is 4.86. The van der Waals surface area contributed by atoms with Crippen LogP contribution in [0.1, 0.15) is 10.4 Å². The van der Waals surface area contributed by atoms with Gasteiger partial charge in [0, 0.05) is 3.57 Å². The Morgan fingerprint density at radius 3 is 2.41 bits per heavy atom. The molecule has 0 unspecified atom stereocenters. The molecule has 1 N–H and O–H groups in total. The van der Waals surface area contributed by atoms with Crippen molar-refractivity contribution >= 4 is 44.3 Å². The van der Waals surface area contributed by atoms with Gasteiger partial charge in [0.05, 0.1) is 23.3 Å². The summed E-state index contributed by atoms with van der Waals surface area (Å²) < 4.78 is 45.6. The molecule has 0 fully saturated rings. The normalized spacial score (nSPS) is 11.0. The second-order valence-electron chi connectivity index (χ2n) is 4.24. The van der Waals surface area contributed by atoms with E-state index in [9.17, 15) is 17.6 Å². The number of benzene rings is 2. The summed E-state index contributed by atoms with van der Waals surface area (Å²) in [6.07, 6.45) is 0. The van der Waals surface area contributed by atoms with E-state index in [4.69, 9.17) is 0 Å². The van der Waals surface area contributed by atoms with Gasteiger partial charge < -0.3 is 4.74 Å². The van der Waals surface area contributed by atoms with Gasteiger partial charge in [0.25, 0.3) is 10.0 Å². The highest BCUT2D eigenvalue weighted by Crippen LogP contribution is 2.22. The Morgan fingerprint density at radius 2 is 1.82 bits per heavy atom. The van der Waals surface area contributed by atoms with Gasteiger partial charge in [-0.3, -0.25) is 4.72 Å². The summed E-state index contributed by atoms with van der Waals surface area (Å²) in [5.41, 5.74) is -0.247. The number of esters is 1. The minimum Gasteiger partial charge on any atom is -0.465 e. The monoisotopic (exact) mass is 435 g/mol. The Labute approximate surface area is 140 Å². The Kier molecular flexibility index (Phi) is 5.01. The molecule has 0 bridgehead atoms. The first kappa shape index (κ1) is 16.7. The third-order valence-electron chi connectivity index (χ3n) is 2.76. The van der Waals surface area contributed by atoms with Gasteiger partial charge in [-0.25, -0.2) is 17.6 Å². The highest BCUT2D eigenvalue weighted by Gasteiger charge is 2.19. The molecule has 2 rings (SSSR count). The molecule has 5 nitrogen and oxygen atoms in total. The molecule has 0 amide bonds. The minimum atomic E-state index is -3.94. The highest BCUT2D eigenvalue weighted by molar-refractivity contribution is 14.1. The molecule has 0 aliphatic heterocycles. The number of hydrogen-bond acceptors (Lipinski definition) is 4. The second kappa shape index (κ2) is 6.61. The standard InChI is InChI=1S/C14H11FINO4S/c1-21-14(18)12-7-2-9(15)8-13(12)17-22(19,20)11-5-3-10(16)4-6-11/h2-8,17H,1H3. The summed E-state index contributed by atoms with van der Waals surface area (Å²) in [4.78, 5) is 11.6. The van der Waals surface area contributed by atoms with Gasteiger partial charge in [0.1, 0.15) is 5.82 Å². The van der Waals surface area contributed by atoms with Crippen molar-refractivity contribution in [3.8, 4) is 0 Å². The molecule has 116 valence electrons. The number of carbonyl (C=O) groups is 1. The van der Waals surface area contributed by atoms with Crippen molar-refractivity contribution in [1.82, 2.24) is 0 Å². The van der Waals surface area contributed by atoms with Gasteiger partial charge in [-0.2, -0.15) is 0 Å². The fourth-order valence-corrected chi connectivity index (χ4v) is 3.14. The van der Waals surface area contributed by atoms with E-state index in [1.54, 1.807) is 12.1 Å². The average molecular weight is 435 g/mol. The van der Waals surface area contributed by atoms with Crippen LogP contribution in [0, 0.1) is 9.39 Å². The average Bonchev–Trinajstić information content (AvgIpc) is 2.46. The number of halogens is 2. The van der Waals surface area contributed by atoms with Crippen LogP contribution in [-0.2, 0) is 14.8 Å². The van der Waals surface area contributed by atoms with E-state index < -0.39 is 21.8 Å². The Hall–Kier alpha value is -1.68. The van der Waals surface area contributed by atoms with E-state index in [2.05, 4.69) is 9.46 Å². The molecule has 2 aromatic rings. The number of rotatable bonds is 4. The lowest BCUT2D eigenvalue weighted by molar-refractivity contribution is 0.0602. The summed E-state index contributed by atoms with van der Waals surface area (Å²) in [5.74, 6) is -1.44. The van der Waals surface area contributed by atoms with E-state index >= 15 is 0 Å². The summed E-state index contributed by atoms with van der Waals surface area (Å²) >= 11 is 2.05. The maximum Gasteiger partial charge on any atom is 0.339 e. The molecule has 0 saturated carbocycles. The maximum absolute atomic E-state index is 13.4. The van der Waals surface area contributed by atoms with Crippen molar-refractivity contribution in [2.75, 3.05) is 11.8 Å². The molecular formula is C14H11FINO4S. The summed E-state index contributed by atoms with van der Waals surface area (Å²) in [6, 6.07) is 9.23. The first-order chi connectivity index (χ1) is 10.3. The first-order valence-electron chi connectivity index (χ1n) is 6.00. The van der Waals surface area contributed by atoms with E-state index in [0.29, 0.717) is 0 Å². The summed E-state index contributed by atoms with van der Waals surface area (Å²) in [6.45, 7) is 0. The zero-order valence-corrected chi connectivity index (χ0v) is 14.3. The van der Waals surface area contributed by atoms with Crippen LogP contribution in [0.4, 0.5) is 10.1 Å². The lowest BCUT2D eigenvalue weighted by atomic mass is 10.2. The number of anilines is 1. The number of hydrogen-bond donors (Lipinski definition) is 1. The Morgan fingerprint density at radius 1 is 1.18 bits per heavy atom. The molecule has 0 saturated heterocycles. The fraction of sp³-hybridized carbons (Fsp3) is 0.0714. The van der Waals surface area contributed by atoms with Crippen molar-refractivity contribution in [2.45, 2.75) is 4.90 Å². The van der Waals surface area contributed by atoms with Gasteiger partial charge in [0.2, 0.25) is 0 Å². The molecule has 0 heterocycles. The fourth-order valence-electron chi connectivity index (χ4n) is 1.71. The number of sulfonamides is 1. The first-order valence-corrected chi connectivity index (χ1v) is 8.56. The maximum atomic E-state index is 13.4. The van der Waals surface area contributed by atoms with Crippen molar-refractivity contribution in [1.29, 1.82) is 0 Å². The van der Waals surface area contributed by atoms with Crippen LogP contribution in [0.2, 0.25) is 0 Å². The van der Waals surface area contributed by atoms with Gasteiger partial charge in [0.15, 0.2) is 0 Å². The highest BCUT2D eigenvalue weighted by atomic mass is 127. The van der Waals surface area contributed by atoms with E-state index in [1.807, 2.05) is 22.6 Å². The molecule has 0 spiro atoms. The number of nitrogens with one attached hydrogen (secondary N) is 1. The van der Waals surface area contributed by atoms with Crippen molar-refractivity contribution in [2.24, 2.45) is 0 Å². The molecule has 22 heavy (non-hydrogen) atoms. The van der Waals surface area contributed by atoms with Crippen LogP contribution >= 0.6 is 22.6 Å². The lowest BCUT2D eigenvalue weighted by Crippen LogP contribution is -2.16. The molecule has 0 aromatic heterocycles. The lowest BCUT2D eigenvalue weighted by Gasteiger charge is -2.11.